The minimum atomic E-state index is 0.278. The van der Waals surface area contributed by atoms with Crippen molar-refractivity contribution in [2.75, 3.05) is 13.7 Å². The molecule has 0 aromatic heterocycles. The fourth-order valence-corrected chi connectivity index (χ4v) is 3.13. The van der Waals surface area contributed by atoms with Crippen molar-refractivity contribution in [2.45, 2.75) is 13.0 Å². The van der Waals surface area contributed by atoms with E-state index in [0.717, 1.165) is 16.9 Å². The molecule has 2 aromatic carbocycles. The molecular formula is C17H18ClNO. The van der Waals surface area contributed by atoms with Crippen molar-refractivity contribution >= 4 is 11.6 Å². The molecule has 1 aliphatic rings. The van der Waals surface area contributed by atoms with Crippen LogP contribution in [0.5, 0.6) is 5.75 Å². The number of ether oxygens (including phenoxy) is 1. The highest BCUT2D eigenvalue weighted by Gasteiger charge is 2.28. The maximum atomic E-state index is 6.41. The van der Waals surface area contributed by atoms with Crippen LogP contribution in [0, 0.1) is 5.92 Å². The molecule has 2 unspecified atom stereocenters. The lowest BCUT2D eigenvalue weighted by Crippen LogP contribution is -2.32. The minimum Gasteiger partial charge on any atom is -0.491 e. The van der Waals surface area contributed by atoms with Crippen molar-refractivity contribution in [1.29, 1.82) is 0 Å². The molecule has 2 nitrogen and oxygen atoms in total. The molecule has 0 saturated heterocycles. The summed E-state index contributed by atoms with van der Waals surface area (Å²) in [5, 5.41) is 4.07. The topological polar surface area (TPSA) is 21.3 Å². The molecule has 1 aliphatic heterocycles. The lowest BCUT2D eigenvalue weighted by Gasteiger charge is -2.32. The lowest BCUT2D eigenvalue weighted by molar-refractivity contribution is 0.193. The number of hydrogen-bond acceptors (Lipinski definition) is 2. The Hall–Kier alpha value is -1.51. The summed E-state index contributed by atoms with van der Waals surface area (Å²) < 4.78 is 5.82. The van der Waals surface area contributed by atoms with Gasteiger partial charge in [-0.05, 0) is 30.3 Å². The lowest BCUT2D eigenvalue weighted by atomic mass is 9.90. The third kappa shape index (κ3) is 2.30. The molecule has 104 valence electrons. The molecule has 3 heteroatoms. The molecule has 0 spiro atoms. The molecule has 0 aliphatic carbocycles. The highest BCUT2D eigenvalue weighted by atomic mass is 35.5. The smallest absolute Gasteiger partial charge is 0.142 e. The molecule has 0 fully saturated rings. The largest absolute Gasteiger partial charge is 0.491 e. The van der Waals surface area contributed by atoms with E-state index >= 15 is 0 Å². The minimum absolute atomic E-state index is 0.278. The van der Waals surface area contributed by atoms with Gasteiger partial charge < -0.3 is 10.1 Å². The molecule has 2 aromatic rings. The van der Waals surface area contributed by atoms with Gasteiger partial charge in [-0.25, -0.2) is 0 Å². The van der Waals surface area contributed by atoms with E-state index in [1.807, 2.05) is 31.3 Å². The van der Waals surface area contributed by atoms with Gasteiger partial charge in [-0.3, -0.25) is 0 Å². The summed E-state index contributed by atoms with van der Waals surface area (Å²) in [7, 11) is 1.99. The Bertz CT molecular complexity index is 612. The summed E-state index contributed by atoms with van der Waals surface area (Å²) in [4.78, 5) is 0. The third-order valence-corrected chi connectivity index (χ3v) is 4.17. The van der Waals surface area contributed by atoms with Crippen molar-refractivity contribution < 1.29 is 4.74 Å². The molecule has 1 N–H and O–H groups in total. The van der Waals surface area contributed by atoms with Crippen molar-refractivity contribution in [1.82, 2.24) is 5.32 Å². The summed E-state index contributed by atoms with van der Waals surface area (Å²) in [5.41, 5.74) is 3.45. The van der Waals surface area contributed by atoms with Crippen LogP contribution in [0.25, 0.3) is 11.1 Å². The van der Waals surface area contributed by atoms with Gasteiger partial charge in [0.25, 0.3) is 0 Å². The first-order valence-corrected chi connectivity index (χ1v) is 7.27. The SMILES string of the molecule is CNC1c2cc(-c3ccccc3)cc(Cl)c2OCC1C. The average Bonchev–Trinajstić information content (AvgIpc) is 2.48. The normalized spacial score (nSPS) is 21.1. The standard InChI is InChI=1S/C17H18ClNO/c1-11-10-20-17-14(16(11)19-2)8-13(9-15(17)18)12-6-4-3-5-7-12/h3-9,11,16,19H,10H2,1-2H3. The molecule has 0 saturated carbocycles. The van der Waals surface area contributed by atoms with Crippen LogP contribution < -0.4 is 10.1 Å². The van der Waals surface area contributed by atoms with Gasteiger partial charge in [0, 0.05) is 17.5 Å². The molecule has 1 heterocycles. The van der Waals surface area contributed by atoms with E-state index < -0.39 is 0 Å². The van der Waals surface area contributed by atoms with Gasteiger partial charge in [0.1, 0.15) is 5.75 Å². The zero-order valence-corrected chi connectivity index (χ0v) is 12.4. The first-order valence-electron chi connectivity index (χ1n) is 6.89. The van der Waals surface area contributed by atoms with Crippen LogP contribution in [0.15, 0.2) is 42.5 Å². The van der Waals surface area contributed by atoms with E-state index in [4.69, 9.17) is 16.3 Å². The Labute approximate surface area is 124 Å². The van der Waals surface area contributed by atoms with E-state index in [0.29, 0.717) is 17.5 Å². The van der Waals surface area contributed by atoms with Crippen LogP contribution in [-0.4, -0.2) is 13.7 Å². The molecule has 0 radical (unpaired) electrons. The average molecular weight is 288 g/mol. The van der Waals surface area contributed by atoms with Gasteiger partial charge in [-0.15, -0.1) is 0 Å². The number of hydrogen-bond donors (Lipinski definition) is 1. The predicted molar refractivity (Wildman–Crippen MR) is 83.3 cm³/mol. The number of rotatable bonds is 2. The quantitative estimate of drug-likeness (QED) is 0.889. The van der Waals surface area contributed by atoms with Crippen LogP contribution in [0.2, 0.25) is 5.02 Å². The van der Waals surface area contributed by atoms with Gasteiger partial charge in [-0.1, -0.05) is 48.9 Å². The van der Waals surface area contributed by atoms with E-state index in [-0.39, 0.29) is 6.04 Å². The van der Waals surface area contributed by atoms with Gasteiger partial charge in [0.05, 0.1) is 11.6 Å². The van der Waals surface area contributed by atoms with Gasteiger partial charge >= 0.3 is 0 Å². The van der Waals surface area contributed by atoms with Crippen LogP contribution in [0.3, 0.4) is 0 Å². The Kier molecular flexibility index (Phi) is 3.68. The van der Waals surface area contributed by atoms with Gasteiger partial charge in [0.15, 0.2) is 0 Å². The highest BCUT2D eigenvalue weighted by Crippen LogP contribution is 2.42. The Balaban J connectivity index is 2.13. The molecule has 3 rings (SSSR count). The fraction of sp³-hybridized carbons (Fsp3) is 0.294. The monoisotopic (exact) mass is 287 g/mol. The van der Waals surface area contributed by atoms with Crippen LogP contribution in [-0.2, 0) is 0 Å². The first-order chi connectivity index (χ1) is 9.70. The van der Waals surface area contributed by atoms with E-state index in [2.05, 4.69) is 30.4 Å². The predicted octanol–water partition coefficient (Wildman–Crippen LogP) is 4.30. The molecule has 20 heavy (non-hydrogen) atoms. The molecule has 0 amide bonds. The van der Waals surface area contributed by atoms with Gasteiger partial charge in [0.2, 0.25) is 0 Å². The van der Waals surface area contributed by atoms with Crippen molar-refractivity contribution in [3.63, 3.8) is 0 Å². The number of nitrogens with one attached hydrogen (secondary N) is 1. The Morgan fingerprint density at radius 2 is 1.90 bits per heavy atom. The summed E-state index contributed by atoms with van der Waals surface area (Å²) >= 11 is 6.41. The van der Waals surface area contributed by atoms with Crippen molar-refractivity contribution in [3.8, 4) is 16.9 Å². The van der Waals surface area contributed by atoms with E-state index in [9.17, 15) is 0 Å². The summed E-state index contributed by atoms with van der Waals surface area (Å²) in [5.74, 6) is 1.25. The molecule has 0 bridgehead atoms. The van der Waals surface area contributed by atoms with Crippen molar-refractivity contribution in [2.24, 2.45) is 5.92 Å². The van der Waals surface area contributed by atoms with Crippen LogP contribution in [0.1, 0.15) is 18.5 Å². The number of halogens is 1. The highest BCUT2D eigenvalue weighted by molar-refractivity contribution is 6.32. The second kappa shape index (κ2) is 5.47. The van der Waals surface area contributed by atoms with Gasteiger partial charge in [-0.2, -0.15) is 0 Å². The maximum Gasteiger partial charge on any atom is 0.142 e. The zero-order chi connectivity index (χ0) is 14.1. The summed E-state index contributed by atoms with van der Waals surface area (Å²) in [6.07, 6.45) is 0. The maximum absolute atomic E-state index is 6.41. The summed E-state index contributed by atoms with van der Waals surface area (Å²) in [6, 6.07) is 14.7. The Morgan fingerprint density at radius 3 is 2.60 bits per heavy atom. The Morgan fingerprint density at radius 1 is 1.15 bits per heavy atom. The van der Waals surface area contributed by atoms with E-state index in [1.54, 1.807) is 0 Å². The van der Waals surface area contributed by atoms with E-state index in [1.165, 1.54) is 5.56 Å². The second-order valence-corrected chi connectivity index (χ2v) is 5.70. The molecule has 2 atom stereocenters. The molecular weight excluding hydrogens is 270 g/mol. The zero-order valence-electron chi connectivity index (χ0n) is 11.7. The van der Waals surface area contributed by atoms with Crippen molar-refractivity contribution in [3.05, 3.63) is 53.1 Å². The van der Waals surface area contributed by atoms with Crippen LogP contribution in [0.4, 0.5) is 0 Å². The first kappa shape index (κ1) is 13.5. The fourth-order valence-electron chi connectivity index (χ4n) is 2.85. The third-order valence-electron chi connectivity index (χ3n) is 3.89. The van der Waals surface area contributed by atoms with Crippen LogP contribution >= 0.6 is 11.6 Å². The second-order valence-electron chi connectivity index (χ2n) is 5.30. The summed E-state index contributed by atoms with van der Waals surface area (Å²) in [6.45, 7) is 2.89. The number of benzene rings is 2. The number of fused-ring (bicyclic) bond motifs is 1.